The molecule has 1 aliphatic heterocycles. The molecule has 0 saturated carbocycles. The second-order valence-electron chi connectivity index (χ2n) is 7.08. The number of carboxylic acid groups (broad SMARTS) is 1. The molecular formula is C18H24N2O5. The molecule has 0 aromatic heterocycles. The molecule has 0 spiro atoms. The standard InChI is InChI=1S/C18H24N2O5/c1-5-18(15(22)23)10-12-8-6-7-9-13(12)20(18)14(21)11-19-16(24)25-17(2,3)4/h6-9H,5,10-11H2,1-4H3,(H,19,24)(H,22,23)/t18-/m0/s1. The molecule has 2 N–H and O–H groups in total. The maximum Gasteiger partial charge on any atom is 0.408 e. The van der Waals surface area contributed by atoms with E-state index < -0.39 is 29.1 Å². The number of amides is 2. The van der Waals surface area contributed by atoms with Crippen molar-refractivity contribution in [2.24, 2.45) is 0 Å². The maximum atomic E-state index is 12.7. The van der Waals surface area contributed by atoms with Crippen molar-refractivity contribution in [3.8, 4) is 0 Å². The molecule has 1 aromatic rings. The van der Waals surface area contributed by atoms with Gasteiger partial charge in [-0.3, -0.25) is 9.69 Å². The van der Waals surface area contributed by atoms with Gasteiger partial charge in [0.1, 0.15) is 17.7 Å². The van der Waals surface area contributed by atoms with E-state index in [1.807, 2.05) is 12.1 Å². The van der Waals surface area contributed by atoms with E-state index in [-0.39, 0.29) is 19.4 Å². The number of aliphatic carboxylic acids is 1. The number of carboxylic acids is 1. The predicted molar refractivity (Wildman–Crippen MR) is 92.5 cm³/mol. The molecule has 0 unspecified atom stereocenters. The molecule has 0 fully saturated rings. The van der Waals surface area contributed by atoms with Crippen molar-refractivity contribution in [2.45, 2.75) is 51.7 Å². The second kappa shape index (κ2) is 6.74. The summed E-state index contributed by atoms with van der Waals surface area (Å²) in [6, 6.07) is 7.11. The van der Waals surface area contributed by atoms with Gasteiger partial charge in [-0.15, -0.1) is 0 Å². The Labute approximate surface area is 147 Å². The number of para-hydroxylation sites is 1. The summed E-state index contributed by atoms with van der Waals surface area (Å²) in [6.45, 7) is 6.56. The minimum Gasteiger partial charge on any atom is -0.479 e. The first-order valence-electron chi connectivity index (χ1n) is 8.22. The fourth-order valence-corrected chi connectivity index (χ4v) is 3.02. The van der Waals surface area contributed by atoms with E-state index in [0.29, 0.717) is 5.69 Å². The number of hydrogen-bond donors (Lipinski definition) is 2. The SMILES string of the molecule is CC[C@@]1(C(=O)O)Cc2ccccc2N1C(=O)CNC(=O)OC(C)(C)C. The zero-order valence-electron chi connectivity index (χ0n) is 15.0. The van der Waals surface area contributed by atoms with E-state index in [9.17, 15) is 19.5 Å². The summed E-state index contributed by atoms with van der Waals surface area (Å²) in [5.41, 5.74) is -0.641. The van der Waals surface area contributed by atoms with Gasteiger partial charge in [-0.2, -0.15) is 0 Å². The van der Waals surface area contributed by atoms with E-state index in [1.54, 1.807) is 39.8 Å². The van der Waals surface area contributed by atoms with Crippen LogP contribution in [0.25, 0.3) is 0 Å². The molecule has 1 heterocycles. The molecule has 0 radical (unpaired) electrons. The van der Waals surface area contributed by atoms with Crippen LogP contribution in [0.2, 0.25) is 0 Å². The third kappa shape index (κ3) is 3.75. The van der Waals surface area contributed by atoms with E-state index in [1.165, 1.54) is 4.90 Å². The van der Waals surface area contributed by atoms with Crippen LogP contribution in [-0.4, -0.2) is 40.8 Å². The van der Waals surface area contributed by atoms with Gasteiger partial charge in [0.15, 0.2) is 0 Å². The number of nitrogens with zero attached hydrogens (tertiary/aromatic N) is 1. The van der Waals surface area contributed by atoms with Gasteiger partial charge in [-0.25, -0.2) is 9.59 Å². The molecule has 0 saturated heterocycles. The highest BCUT2D eigenvalue weighted by atomic mass is 16.6. The summed E-state index contributed by atoms with van der Waals surface area (Å²) in [4.78, 5) is 37.8. The number of ether oxygens (including phenoxy) is 1. The average Bonchev–Trinajstić information content (AvgIpc) is 2.86. The van der Waals surface area contributed by atoms with Gasteiger partial charge in [0.25, 0.3) is 0 Å². The lowest BCUT2D eigenvalue weighted by Gasteiger charge is -2.34. The zero-order valence-corrected chi connectivity index (χ0v) is 15.0. The molecule has 2 amide bonds. The Morgan fingerprint density at radius 1 is 1.28 bits per heavy atom. The Hall–Kier alpha value is -2.57. The number of carbonyl (C=O) groups is 3. The van der Waals surface area contributed by atoms with Gasteiger partial charge in [0.2, 0.25) is 5.91 Å². The van der Waals surface area contributed by atoms with Crippen LogP contribution in [0.3, 0.4) is 0 Å². The lowest BCUT2D eigenvalue weighted by Crippen LogP contribution is -2.57. The van der Waals surface area contributed by atoms with Crippen molar-refractivity contribution >= 4 is 23.7 Å². The summed E-state index contributed by atoms with van der Waals surface area (Å²) in [5.74, 6) is -1.54. The van der Waals surface area contributed by atoms with Gasteiger partial charge >= 0.3 is 12.1 Å². The Kier molecular flexibility index (Phi) is 5.06. The highest BCUT2D eigenvalue weighted by Crippen LogP contribution is 2.41. The predicted octanol–water partition coefficient (Wildman–Crippen LogP) is 2.33. The molecular weight excluding hydrogens is 324 g/mol. The molecule has 1 atom stereocenters. The monoisotopic (exact) mass is 348 g/mol. The van der Waals surface area contributed by atoms with E-state index in [4.69, 9.17) is 4.74 Å². The van der Waals surface area contributed by atoms with Crippen LogP contribution in [-0.2, 0) is 20.7 Å². The number of carbonyl (C=O) groups excluding carboxylic acids is 2. The third-order valence-electron chi connectivity index (χ3n) is 4.16. The smallest absolute Gasteiger partial charge is 0.408 e. The molecule has 1 aliphatic rings. The first-order chi connectivity index (χ1) is 11.6. The van der Waals surface area contributed by atoms with Crippen molar-refractivity contribution in [3.63, 3.8) is 0 Å². The molecule has 2 rings (SSSR count). The van der Waals surface area contributed by atoms with Gasteiger partial charge in [-0.05, 0) is 38.8 Å². The Morgan fingerprint density at radius 2 is 1.92 bits per heavy atom. The highest BCUT2D eigenvalue weighted by molar-refractivity contribution is 6.05. The Morgan fingerprint density at radius 3 is 2.48 bits per heavy atom. The summed E-state index contributed by atoms with van der Waals surface area (Å²) in [6.07, 6.45) is -0.215. The largest absolute Gasteiger partial charge is 0.479 e. The molecule has 25 heavy (non-hydrogen) atoms. The minimum absolute atomic E-state index is 0.243. The molecule has 0 aliphatic carbocycles. The van der Waals surface area contributed by atoms with Crippen LogP contribution in [0.15, 0.2) is 24.3 Å². The Balaban J connectivity index is 2.22. The number of nitrogens with one attached hydrogen (secondary N) is 1. The van der Waals surface area contributed by atoms with E-state index in [2.05, 4.69) is 5.32 Å². The topological polar surface area (TPSA) is 95.9 Å². The molecule has 1 aromatic carbocycles. The van der Waals surface area contributed by atoms with Crippen LogP contribution < -0.4 is 10.2 Å². The molecule has 7 heteroatoms. The number of benzene rings is 1. The van der Waals surface area contributed by atoms with Crippen molar-refractivity contribution in [3.05, 3.63) is 29.8 Å². The van der Waals surface area contributed by atoms with Crippen molar-refractivity contribution < 1.29 is 24.2 Å². The minimum atomic E-state index is -1.34. The number of hydrogen-bond acceptors (Lipinski definition) is 4. The highest BCUT2D eigenvalue weighted by Gasteiger charge is 2.51. The zero-order chi connectivity index (χ0) is 18.8. The molecule has 136 valence electrons. The number of fused-ring (bicyclic) bond motifs is 1. The first-order valence-corrected chi connectivity index (χ1v) is 8.22. The van der Waals surface area contributed by atoms with E-state index in [0.717, 1.165) is 5.56 Å². The maximum absolute atomic E-state index is 12.7. The fourth-order valence-electron chi connectivity index (χ4n) is 3.02. The van der Waals surface area contributed by atoms with Gasteiger partial charge in [-0.1, -0.05) is 25.1 Å². The summed E-state index contributed by atoms with van der Waals surface area (Å²) in [5, 5.41) is 12.2. The normalized spacial score (nSPS) is 19.3. The van der Waals surface area contributed by atoms with Crippen LogP contribution in [0.5, 0.6) is 0 Å². The number of alkyl carbamates (subject to hydrolysis) is 1. The third-order valence-corrected chi connectivity index (χ3v) is 4.16. The number of rotatable bonds is 4. The second-order valence-corrected chi connectivity index (χ2v) is 7.08. The molecule has 7 nitrogen and oxygen atoms in total. The quantitative estimate of drug-likeness (QED) is 0.871. The van der Waals surface area contributed by atoms with Gasteiger partial charge in [0, 0.05) is 12.1 Å². The average molecular weight is 348 g/mol. The van der Waals surface area contributed by atoms with Crippen molar-refractivity contribution in [2.75, 3.05) is 11.4 Å². The van der Waals surface area contributed by atoms with Crippen LogP contribution in [0, 0.1) is 0 Å². The lowest BCUT2D eigenvalue weighted by atomic mass is 9.91. The van der Waals surface area contributed by atoms with Crippen molar-refractivity contribution in [1.82, 2.24) is 5.32 Å². The molecule has 0 bridgehead atoms. The summed E-state index contributed by atoms with van der Waals surface area (Å²) >= 11 is 0. The lowest BCUT2D eigenvalue weighted by molar-refractivity contribution is -0.145. The number of anilines is 1. The summed E-state index contributed by atoms with van der Waals surface area (Å²) < 4.78 is 5.11. The van der Waals surface area contributed by atoms with E-state index >= 15 is 0 Å². The van der Waals surface area contributed by atoms with Gasteiger partial charge < -0.3 is 15.2 Å². The Bertz CT molecular complexity index is 695. The van der Waals surface area contributed by atoms with Gasteiger partial charge in [0.05, 0.1) is 0 Å². The van der Waals surface area contributed by atoms with Crippen LogP contribution in [0.1, 0.15) is 39.7 Å². The van der Waals surface area contributed by atoms with Crippen molar-refractivity contribution in [1.29, 1.82) is 0 Å². The fraction of sp³-hybridized carbons (Fsp3) is 0.500. The van der Waals surface area contributed by atoms with Crippen LogP contribution in [0.4, 0.5) is 10.5 Å². The summed E-state index contributed by atoms with van der Waals surface area (Å²) in [7, 11) is 0. The first kappa shape index (κ1) is 18.8. The van der Waals surface area contributed by atoms with Crippen LogP contribution >= 0.6 is 0 Å².